The lowest BCUT2D eigenvalue weighted by molar-refractivity contribution is 0.714. The van der Waals surface area contributed by atoms with Crippen LogP contribution >= 0.6 is 0 Å². The Morgan fingerprint density at radius 3 is 1.83 bits per heavy atom. The predicted octanol–water partition coefficient (Wildman–Crippen LogP) is 3.67. The summed E-state index contributed by atoms with van der Waals surface area (Å²) in [4.78, 5) is 2.43. The van der Waals surface area contributed by atoms with Gasteiger partial charge in [-0.2, -0.15) is 10.5 Å². The summed E-state index contributed by atoms with van der Waals surface area (Å²) in [5.41, 5.74) is 3.55. The molecule has 0 atom stereocenters. The van der Waals surface area contributed by atoms with Crippen molar-refractivity contribution in [3.63, 3.8) is 0 Å². The van der Waals surface area contributed by atoms with Gasteiger partial charge in [0.2, 0.25) is 0 Å². The van der Waals surface area contributed by atoms with E-state index < -0.39 is 0 Å². The van der Waals surface area contributed by atoms with E-state index in [1.54, 1.807) is 0 Å². The number of rotatable bonds is 8. The lowest BCUT2D eigenvalue weighted by atomic mass is 10.1. The maximum atomic E-state index is 9.07. The van der Waals surface area contributed by atoms with Gasteiger partial charge >= 0.3 is 0 Å². The summed E-state index contributed by atoms with van der Waals surface area (Å²) in [5.74, 6) is 0. The fraction of sp³-hybridized carbons (Fsp3) is 0.360. The molecule has 1 N–H and O–H groups in total. The molecular formula is C25H30N4. The van der Waals surface area contributed by atoms with Crippen LogP contribution in [0, 0.1) is 22.7 Å². The van der Waals surface area contributed by atoms with Crippen LogP contribution in [0.1, 0.15) is 46.1 Å². The van der Waals surface area contributed by atoms with Crippen molar-refractivity contribution < 1.29 is 0 Å². The molecule has 2 aromatic rings. The van der Waals surface area contributed by atoms with Crippen molar-refractivity contribution in [2.75, 3.05) is 18.0 Å². The highest BCUT2D eigenvalue weighted by molar-refractivity contribution is 5.72. The Morgan fingerprint density at radius 1 is 0.862 bits per heavy atom. The first-order valence-corrected chi connectivity index (χ1v) is 10.3. The zero-order chi connectivity index (χ0) is 21.2. The van der Waals surface area contributed by atoms with Crippen molar-refractivity contribution in [2.45, 2.75) is 46.6 Å². The van der Waals surface area contributed by atoms with Crippen LogP contribution in [0.2, 0.25) is 0 Å². The molecule has 0 bridgehead atoms. The van der Waals surface area contributed by atoms with Crippen LogP contribution in [0.5, 0.6) is 0 Å². The van der Waals surface area contributed by atoms with E-state index in [9.17, 15) is 0 Å². The minimum absolute atomic E-state index is 0.131. The molecule has 0 unspecified atom stereocenters. The summed E-state index contributed by atoms with van der Waals surface area (Å²) in [6.07, 6.45) is 2.26. The zero-order valence-electron chi connectivity index (χ0n) is 17.9. The van der Waals surface area contributed by atoms with E-state index in [0.29, 0.717) is 5.22 Å². The molecular weight excluding hydrogens is 356 g/mol. The number of hydrogen-bond donors (Lipinski definition) is 1. The molecule has 2 rings (SSSR count). The van der Waals surface area contributed by atoms with E-state index in [4.69, 9.17) is 10.5 Å². The first kappa shape index (κ1) is 22.1. The zero-order valence-corrected chi connectivity index (χ0v) is 17.9. The molecule has 0 aliphatic carbocycles. The van der Waals surface area contributed by atoms with Gasteiger partial charge in [-0.05, 0) is 49.6 Å². The van der Waals surface area contributed by atoms with Crippen LogP contribution < -0.4 is 20.7 Å². The van der Waals surface area contributed by atoms with Gasteiger partial charge in [-0.25, -0.2) is 0 Å². The highest BCUT2D eigenvalue weighted by atomic mass is 15.1. The minimum atomic E-state index is 0.131. The predicted molar refractivity (Wildman–Crippen MR) is 120 cm³/mol. The van der Waals surface area contributed by atoms with Crippen LogP contribution in [0.3, 0.4) is 0 Å². The normalized spacial score (nSPS) is 10.2. The van der Waals surface area contributed by atoms with Gasteiger partial charge in [-0.1, -0.05) is 50.2 Å². The second-order valence-corrected chi connectivity index (χ2v) is 7.38. The summed E-state index contributed by atoms with van der Waals surface area (Å²) in [7, 11) is 0. The highest BCUT2D eigenvalue weighted by Crippen LogP contribution is 2.19. The topological polar surface area (TPSA) is 62.9 Å². The third-order valence-corrected chi connectivity index (χ3v) is 4.63. The molecule has 4 nitrogen and oxygen atoms in total. The smallest absolute Gasteiger partial charge is 0.136 e. The number of anilines is 1. The maximum Gasteiger partial charge on any atom is 0.136 e. The Morgan fingerprint density at radius 2 is 1.38 bits per heavy atom. The van der Waals surface area contributed by atoms with Crippen LogP contribution in [0.25, 0.3) is 11.3 Å². The molecule has 0 aliphatic rings. The summed E-state index contributed by atoms with van der Waals surface area (Å²) in [5, 5.41) is 23.4. The number of nitriles is 2. The Kier molecular flexibility index (Phi) is 8.31. The van der Waals surface area contributed by atoms with E-state index >= 15 is 0 Å². The fourth-order valence-corrected chi connectivity index (χ4v) is 3.33. The lowest BCUT2D eigenvalue weighted by Crippen LogP contribution is -2.28. The van der Waals surface area contributed by atoms with Crippen molar-refractivity contribution in [3.05, 3.63) is 64.5 Å². The summed E-state index contributed by atoms with van der Waals surface area (Å²) in [6, 6.07) is 20.5. The van der Waals surface area contributed by atoms with E-state index in [-0.39, 0.29) is 11.6 Å². The van der Waals surface area contributed by atoms with Gasteiger partial charge in [-0.3, -0.25) is 0 Å². The van der Waals surface area contributed by atoms with Gasteiger partial charge in [-0.15, -0.1) is 0 Å². The number of hydrogen-bond acceptors (Lipinski definition) is 4. The number of benzene rings is 2. The summed E-state index contributed by atoms with van der Waals surface area (Å²) in [6.45, 7) is 10.8. The third-order valence-electron chi connectivity index (χ3n) is 4.63. The molecule has 0 saturated carbocycles. The molecule has 4 heteroatoms. The molecule has 0 amide bonds. The maximum absolute atomic E-state index is 9.07. The molecule has 0 aromatic heterocycles. The van der Waals surface area contributed by atoms with Gasteiger partial charge in [0, 0.05) is 35.7 Å². The Labute approximate surface area is 174 Å². The van der Waals surface area contributed by atoms with Crippen molar-refractivity contribution in [1.82, 2.24) is 5.32 Å². The molecule has 0 radical (unpaired) electrons. The van der Waals surface area contributed by atoms with Crippen molar-refractivity contribution in [3.8, 4) is 12.1 Å². The molecule has 150 valence electrons. The van der Waals surface area contributed by atoms with Crippen LogP contribution in [0.15, 0.2) is 48.5 Å². The van der Waals surface area contributed by atoms with Gasteiger partial charge in [0.25, 0.3) is 0 Å². The molecule has 0 saturated heterocycles. The quantitative estimate of drug-likeness (QED) is 0.752. The largest absolute Gasteiger partial charge is 0.382 e. The molecule has 0 aliphatic heterocycles. The van der Waals surface area contributed by atoms with Gasteiger partial charge in [0.1, 0.15) is 17.7 Å². The fourth-order valence-electron chi connectivity index (χ4n) is 3.33. The van der Waals surface area contributed by atoms with Gasteiger partial charge < -0.3 is 10.2 Å². The molecule has 0 heterocycles. The standard InChI is InChI=1S/C25H30N4/c1-5-15-29(16-6-2)24-13-11-22(12-14-24)25(28-19(3)4)21-9-7-20(8-10-21)23(17-26)18-27/h7-14,19,28H,5-6,15-16H2,1-4H3. The number of nitrogens with zero attached hydrogens (tertiary/aromatic N) is 3. The summed E-state index contributed by atoms with van der Waals surface area (Å²) >= 11 is 0. The average molecular weight is 387 g/mol. The highest BCUT2D eigenvalue weighted by Gasteiger charge is 2.08. The molecule has 2 aromatic carbocycles. The van der Waals surface area contributed by atoms with Crippen LogP contribution in [0.4, 0.5) is 5.69 Å². The van der Waals surface area contributed by atoms with Crippen molar-refractivity contribution in [1.29, 1.82) is 10.5 Å². The first-order chi connectivity index (χ1) is 14.0. The first-order valence-electron chi connectivity index (χ1n) is 10.3. The molecule has 0 fully saturated rings. The van der Waals surface area contributed by atoms with Crippen molar-refractivity contribution in [2.24, 2.45) is 0 Å². The Hall–Kier alpha value is -3.24. The monoisotopic (exact) mass is 386 g/mol. The molecule has 0 spiro atoms. The summed E-state index contributed by atoms with van der Waals surface area (Å²) < 4.78 is 0. The second-order valence-electron chi connectivity index (χ2n) is 7.38. The second kappa shape index (κ2) is 10.9. The van der Waals surface area contributed by atoms with Gasteiger partial charge in [0.15, 0.2) is 0 Å². The lowest BCUT2D eigenvalue weighted by Gasteiger charge is -2.24. The number of nitrogens with one attached hydrogen (secondary N) is 1. The van der Waals surface area contributed by atoms with E-state index in [2.05, 4.69) is 62.2 Å². The van der Waals surface area contributed by atoms with Gasteiger partial charge in [0.05, 0.1) is 0 Å². The van der Waals surface area contributed by atoms with Crippen LogP contribution in [-0.4, -0.2) is 19.1 Å². The van der Waals surface area contributed by atoms with Crippen LogP contribution in [-0.2, 0) is 0 Å². The van der Waals surface area contributed by atoms with E-state index in [1.807, 2.05) is 36.4 Å². The Bertz CT molecular complexity index is 959. The van der Waals surface area contributed by atoms with E-state index in [1.165, 1.54) is 5.69 Å². The minimum Gasteiger partial charge on any atom is -0.382 e. The SMILES string of the molecule is CCCN(CCC)c1ccc(C(NC(C)C)=c2ccc(=C(C#N)C#N)cc2)cc1. The average Bonchev–Trinajstić information content (AvgIpc) is 2.73. The molecule has 29 heavy (non-hydrogen) atoms. The Balaban J connectivity index is 2.51. The third kappa shape index (κ3) is 5.87. The van der Waals surface area contributed by atoms with E-state index in [0.717, 1.165) is 42.4 Å². The van der Waals surface area contributed by atoms with Crippen molar-refractivity contribution >= 4 is 17.0 Å².